The first-order valence-corrected chi connectivity index (χ1v) is 10.5. The van der Waals surface area contributed by atoms with E-state index < -0.39 is 0 Å². The molecule has 1 amide bonds. The first-order chi connectivity index (χ1) is 14.3. The van der Waals surface area contributed by atoms with E-state index in [-0.39, 0.29) is 5.92 Å². The summed E-state index contributed by atoms with van der Waals surface area (Å²) < 4.78 is 2.24. The average Bonchev–Trinajstić information content (AvgIpc) is 3.46. The summed E-state index contributed by atoms with van der Waals surface area (Å²) in [6, 6.07) is 14.5. The first-order valence-electron chi connectivity index (χ1n) is 10.5. The van der Waals surface area contributed by atoms with Crippen LogP contribution in [0.4, 0.5) is 0 Å². The molecule has 5 rings (SSSR count). The maximum Gasteiger partial charge on any atom is 0.226 e. The lowest BCUT2D eigenvalue weighted by atomic mass is 9.95. The van der Waals surface area contributed by atoms with Crippen molar-refractivity contribution in [2.24, 2.45) is 5.92 Å². The summed E-state index contributed by atoms with van der Waals surface area (Å²) in [7, 11) is 0. The summed E-state index contributed by atoms with van der Waals surface area (Å²) in [5, 5.41) is 0. The van der Waals surface area contributed by atoms with E-state index in [1.54, 1.807) is 0 Å². The van der Waals surface area contributed by atoms with Gasteiger partial charge in [0.1, 0.15) is 5.82 Å². The lowest BCUT2D eigenvalue weighted by Gasteiger charge is -2.32. The number of aromatic nitrogens is 3. The summed E-state index contributed by atoms with van der Waals surface area (Å²) in [4.78, 5) is 23.8. The second-order valence-corrected chi connectivity index (χ2v) is 8.23. The normalized spacial score (nSPS) is 21.9. The summed E-state index contributed by atoms with van der Waals surface area (Å²) in [6.07, 6.45) is 10.6. The summed E-state index contributed by atoms with van der Waals surface area (Å²) in [6.45, 7) is 2.49. The Morgan fingerprint density at radius 2 is 1.76 bits per heavy atom. The van der Waals surface area contributed by atoms with Gasteiger partial charge in [-0.15, -0.1) is 0 Å². The van der Waals surface area contributed by atoms with Crippen LogP contribution in [0, 0.1) is 5.92 Å². The molecule has 3 heterocycles. The first kappa shape index (κ1) is 18.1. The minimum atomic E-state index is 0.183. The van der Waals surface area contributed by atoms with Crippen molar-refractivity contribution in [1.29, 1.82) is 0 Å². The van der Waals surface area contributed by atoms with Crippen molar-refractivity contribution in [2.45, 2.75) is 37.6 Å². The molecule has 5 nitrogen and oxygen atoms in total. The van der Waals surface area contributed by atoms with Gasteiger partial charge in [-0.05, 0) is 48.4 Å². The number of likely N-dealkylation sites (tertiary alicyclic amines) is 1. The average molecular weight is 386 g/mol. The van der Waals surface area contributed by atoms with Gasteiger partial charge in [0.2, 0.25) is 5.91 Å². The Labute approximate surface area is 171 Å². The molecule has 1 saturated heterocycles. The monoisotopic (exact) mass is 386 g/mol. The molecule has 0 radical (unpaired) electrons. The highest BCUT2D eigenvalue weighted by molar-refractivity contribution is 5.83. The number of benzene rings is 1. The van der Waals surface area contributed by atoms with E-state index in [9.17, 15) is 4.79 Å². The van der Waals surface area contributed by atoms with Crippen LogP contribution in [0.5, 0.6) is 0 Å². The predicted octanol–water partition coefficient (Wildman–Crippen LogP) is 3.84. The van der Waals surface area contributed by atoms with Crippen LogP contribution in [-0.2, 0) is 11.3 Å². The minimum absolute atomic E-state index is 0.183. The maximum atomic E-state index is 12.9. The Balaban J connectivity index is 1.19. The van der Waals surface area contributed by atoms with Crippen LogP contribution in [0.2, 0.25) is 0 Å². The van der Waals surface area contributed by atoms with Gasteiger partial charge in [-0.3, -0.25) is 9.78 Å². The molecule has 5 heteroatoms. The van der Waals surface area contributed by atoms with Gasteiger partial charge in [-0.1, -0.05) is 30.3 Å². The van der Waals surface area contributed by atoms with Gasteiger partial charge in [0.05, 0.1) is 0 Å². The molecule has 2 aromatic heterocycles. The van der Waals surface area contributed by atoms with Crippen molar-refractivity contribution in [3.63, 3.8) is 0 Å². The largest absolute Gasteiger partial charge is 0.342 e. The van der Waals surface area contributed by atoms with E-state index in [0.717, 1.165) is 44.7 Å². The molecule has 3 aromatic rings. The fraction of sp³-hybridized carbons (Fsp3) is 0.375. The van der Waals surface area contributed by atoms with Crippen molar-refractivity contribution < 1.29 is 4.79 Å². The summed E-state index contributed by atoms with van der Waals surface area (Å²) >= 11 is 0. The lowest BCUT2D eigenvalue weighted by Crippen LogP contribution is -2.39. The standard InChI is InChI=1S/C24H26N4O/c29-24(22-16-21(22)19-4-2-1-3-5-19)27-13-8-20(9-14-27)23-26-12-15-28(23)17-18-6-10-25-11-7-18/h1-7,10-12,15,20-22H,8-9,13-14,16-17H2/t21-,22+/m0/s1. The zero-order valence-corrected chi connectivity index (χ0v) is 16.5. The molecule has 2 fully saturated rings. The van der Waals surface area contributed by atoms with Gasteiger partial charge >= 0.3 is 0 Å². The number of carbonyl (C=O) groups excluding carboxylic acids is 1. The number of carbonyl (C=O) groups is 1. The minimum Gasteiger partial charge on any atom is -0.342 e. The topological polar surface area (TPSA) is 51.0 Å². The fourth-order valence-corrected chi connectivity index (χ4v) is 4.63. The van der Waals surface area contributed by atoms with E-state index in [1.807, 2.05) is 36.8 Å². The highest BCUT2D eigenvalue weighted by Crippen LogP contribution is 2.48. The molecule has 0 bridgehead atoms. The molecule has 1 saturated carbocycles. The number of imidazole rings is 1. The summed E-state index contributed by atoms with van der Waals surface area (Å²) in [5.74, 6) is 2.50. The van der Waals surface area contributed by atoms with Crippen molar-refractivity contribution in [1.82, 2.24) is 19.4 Å². The molecule has 0 unspecified atom stereocenters. The molecule has 29 heavy (non-hydrogen) atoms. The van der Waals surface area contributed by atoms with Crippen LogP contribution in [-0.4, -0.2) is 38.4 Å². The number of amides is 1. The van der Waals surface area contributed by atoms with E-state index in [4.69, 9.17) is 0 Å². The highest BCUT2D eigenvalue weighted by atomic mass is 16.2. The van der Waals surface area contributed by atoms with Crippen molar-refractivity contribution >= 4 is 5.91 Å². The van der Waals surface area contributed by atoms with Crippen LogP contribution in [0.25, 0.3) is 0 Å². The third-order valence-corrected chi connectivity index (χ3v) is 6.36. The second-order valence-electron chi connectivity index (χ2n) is 8.23. The van der Waals surface area contributed by atoms with E-state index >= 15 is 0 Å². The quantitative estimate of drug-likeness (QED) is 0.669. The number of nitrogens with zero attached hydrogens (tertiary/aromatic N) is 4. The smallest absolute Gasteiger partial charge is 0.226 e. The molecule has 2 aliphatic rings. The fourth-order valence-electron chi connectivity index (χ4n) is 4.63. The van der Waals surface area contributed by atoms with Gasteiger partial charge in [-0.2, -0.15) is 0 Å². The molecular formula is C24H26N4O. The Hall–Kier alpha value is -2.95. The molecule has 0 N–H and O–H groups in total. The predicted molar refractivity (Wildman–Crippen MR) is 111 cm³/mol. The zero-order valence-electron chi connectivity index (χ0n) is 16.5. The molecule has 1 aliphatic carbocycles. The third kappa shape index (κ3) is 3.82. The number of pyridine rings is 1. The Morgan fingerprint density at radius 3 is 2.52 bits per heavy atom. The van der Waals surface area contributed by atoms with Crippen LogP contribution in [0.15, 0.2) is 67.3 Å². The molecule has 1 aromatic carbocycles. The van der Waals surface area contributed by atoms with Crippen LogP contribution in [0.1, 0.15) is 48.0 Å². The molecule has 148 valence electrons. The number of rotatable bonds is 5. The van der Waals surface area contributed by atoms with Gasteiger partial charge in [0, 0.05) is 56.3 Å². The SMILES string of the molecule is O=C([C@@H]1C[C@H]1c1ccccc1)N1CCC(c2nccn2Cc2ccncc2)CC1. The maximum absolute atomic E-state index is 12.9. The number of hydrogen-bond donors (Lipinski definition) is 0. The Morgan fingerprint density at radius 1 is 1.00 bits per heavy atom. The molecule has 0 spiro atoms. The molecule has 2 atom stereocenters. The molecular weight excluding hydrogens is 360 g/mol. The molecule has 1 aliphatic heterocycles. The number of piperidine rings is 1. The Bertz CT molecular complexity index is 961. The van der Waals surface area contributed by atoms with Gasteiger partial charge < -0.3 is 9.47 Å². The zero-order chi connectivity index (χ0) is 19.6. The Kier molecular flexibility index (Phi) is 4.88. The van der Waals surface area contributed by atoms with E-state index in [1.165, 1.54) is 11.1 Å². The third-order valence-electron chi connectivity index (χ3n) is 6.36. The van der Waals surface area contributed by atoms with Crippen LogP contribution >= 0.6 is 0 Å². The summed E-state index contributed by atoms with van der Waals surface area (Å²) in [5.41, 5.74) is 2.53. The van der Waals surface area contributed by atoms with Crippen molar-refractivity contribution in [3.8, 4) is 0 Å². The van der Waals surface area contributed by atoms with Crippen molar-refractivity contribution in [2.75, 3.05) is 13.1 Å². The van der Waals surface area contributed by atoms with Gasteiger partial charge in [0.15, 0.2) is 0 Å². The van der Waals surface area contributed by atoms with Crippen molar-refractivity contribution in [3.05, 3.63) is 84.2 Å². The second kappa shape index (κ2) is 7.82. The number of hydrogen-bond acceptors (Lipinski definition) is 3. The van der Waals surface area contributed by atoms with Crippen LogP contribution < -0.4 is 0 Å². The van der Waals surface area contributed by atoms with Gasteiger partial charge in [-0.25, -0.2) is 4.98 Å². The van der Waals surface area contributed by atoms with Gasteiger partial charge in [0.25, 0.3) is 0 Å². The van der Waals surface area contributed by atoms with Crippen LogP contribution in [0.3, 0.4) is 0 Å². The van der Waals surface area contributed by atoms with E-state index in [0.29, 0.717) is 17.7 Å². The van der Waals surface area contributed by atoms with E-state index in [2.05, 4.69) is 49.9 Å². The highest BCUT2D eigenvalue weighted by Gasteiger charge is 2.46. The lowest BCUT2D eigenvalue weighted by molar-refractivity contribution is -0.133.